The van der Waals surface area contributed by atoms with Crippen molar-refractivity contribution >= 4 is 17.3 Å². The highest BCUT2D eigenvalue weighted by Gasteiger charge is 2.24. The number of nitrogens with one attached hydrogen (secondary N) is 1. The minimum atomic E-state index is -0.998. The molecule has 0 bridgehead atoms. The lowest BCUT2D eigenvalue weighted by molar-refractivity contribution is -0.385. The van der Waals surface area contributed by atoms with E-state index in [1.165, 1.54) is 12.1 Å². The summed E-state index contributed by atoms with van der Waals surface area (Å²) in [6.07, 6.45) is -0.998. The van der Waals surface area contributed by atoms with Gasteiger partial charge in [0.2, 0.25) is 0 Å². The molecule has 1 aliphatic heterocycles. The van der Waals surface area contributed by atoms with Gasteiger partial charge in [0.15, 0.2) is 0 Å². The Morgan fingerprint density at radius 3 is 2.71 bits per heavy atom. The molecule has 1 unspecified atom stereocenters. The topological polar surface area (TPSA) is 125 Å². The number of anilines is 1. The monoisotopic (exact) mass is 339 g/mol. The Morgan fingerprint density at radius 2 is 2.12 bits per heavy atom. The van der Waals surface area contributed by atoms with Crippen molar-refractivity contribution in [2.24, 2.45) is 0 Å². The van der Waals surface area contributed by atoms with Gasteiger partial charge < -0.3 is 25.2 Å². The van der Waals surface area contributed by atoms with E-state index >= 15 is 0 Å². The second kappa shape index (κ2) is 8.04. The molecule has 0 aliphatic carbocycles. The lowest BCUT2D eigenvalue weighted by Gasteiger charge is -2.27. The molecule has 1 fully saturated rings. The summed E-state index contributed by atoms with van der Waals surface area (Å²) in [5.74, 6) is -0.299. The molecule has 0 saturated carbocycles. The standard InChI is InChI=1S/C15H21N3O6/c1-10-13(16-8-12(20)9-19)6-11(7-14(10)18(22)23)15(21)17-2-4-24-5-3-17/h6-7,12,16,19-20H,2-5,8-9H2,1H3. The Hall–Kier alpha value is -2.23. The number of aliphatic hydroxyl groups is 2. The third-order valence-corrected chi connectivity index (χ3v) is 3.86. The number of carbonyl (C=O) groups excluding carboxylic acids is 1. The predicted octanol–water partition coefficient (Wildman–Crippen LogP) is 0.141. The maximum absolute atomic E-state index is 12.6. The van der Waals surface area contributed by atoms with Crippen LogP contribution in [0.3, 0.4) is 0 Å². The third kappa shape index (κ3) is 4.19. The van der Waals surface area contributed by atoms with Crippen molar-refractivity contribution in [1.82, 2.24) is 4.90 Å². The van der Waals surface area contributed by atoms with Gasteiger partial charge in [-0.25, -0.2) is 0 Å². The molecule has 1 aliphatic rings. The molecule has 0 spiro atoms. The summed E-state index contributed by atoms with van der Waals surface area (Å²) in [7, 11) is 0. The van der Waals surface area contributed by atoms with Gasteiger partial charge >= 0.3 is 0 Å². The predicted molar refractivity (Wildman–Crippen MR) is 86.1 cm³/mol. The Morgan fingerprint density at radius 1 is 1.46 bits per heavy atom. The molecule has 9 heteroatoms. The van der Waals surface area contributed by atoms with Crippen LogP contribution in [0.5, 0.6) is 0 Å². The number of amides is 1. The van der Waals surface area contributed by atoms with E-state index in [9.17, 15) is 20.0 Å². The number of hydrogen-bond acceptors (Lipinski definition) is 7. The lowest BCUT2D eigenvalue weighted by Crippen LogP contribution is -2.40. The van der Waals surface area contributed by atoms with Crippen LogP contribution in [0.25, 0.3) is 0 Å². The first-order valence-corrected chi connectivity index (χ1v) is 7.63. The highest BCUT2D eigenvalue weighted by Crippen LogP contribution is 2.28. The molecule has 9 nitrogen and oxygen atoms in total. The van der Waals surface area contributed by atoms with Crippen molar-refractivity contribution in [3.05, 3.63) is 33.4 Å². The maximum atomic E-state index is 12.6. The smallest absolute Gasteiger partial charge is 0.275 e. The minimum absolute atomic E-state index is 0.0176. The molecule has 2 rings (SSSR count). The molecule has 0 aromatic heterocycles. The number of carbonyl (C=O) groups is 1. The Labute approximate surface area is 139 Å². The number of nitro groups is 1. The fourth-order valence-electron chi connectivity index (χ4n) is 2.44. The van der Waals surface area contributed by atoms with Gasteiger partial charge in [-0.1, -0.05) is 0 Å². The van der Waals surface area contributed by atoms with Gasteiger partial charge in [0.05, 0.1) is 30.8 Å². The molecule has 1 saturated heterocycles. The van der Waals surface area contributed by atoms with Crippen LogP contribution in [0, 0.1) is 17.0 Å². The maximum Gasteiger partial charge on any atom is 0.275 e. The molecular formula is C15H21N3O6. The second-order valence-electron chi connectivity index (χ2n) is 5.55. The van der Waals surface area contributed by atoms with Crippen LogP contribution in [-0.4, -0.2) is 71.5 Å². The van der Waals surface area contributed by atoms with Crippen LogP contribution in [0.1, 0.15) is 15.9 Å². The molecule has 132 valence electrons. The molecule has 1 amide bonds. The van der Waals surface area contributed by atoms with Gasteiger partial charge in [0.1, 0.15) is 0 Å². The van der Waals surface area contributed by atoms with E-state index < -0.39 is 17.6 Å². The lowest BCUT2D eigenvalue weighted by atomic mass is 10.1. The Kier molecular flexibility index (Phi) is 6.07. The highest BCUT2D eigenvalue weighted by molar-refractivity contribution is 5.96. The van der Waals surface area contributed by atoms with Crippen LogP contribution in [0.2, 0.25) is 0 Å². The highest BCUT2D eigenvalue weighted by atomic mass is 16.6. The number of ether oxygens (including phenoxy) is 1. The third-order valence-electron chi connectivity index (χ3n) is 3.86. The Bertz CT molecular complexity index is 615. The molecule has 24 heavy (non-hydrogen) atoms. The molecule has 1 aromatic carbocycles. The first kappa shape index (κ1) is 18.1. The van der Waals surface area contributed by atoms with Gasteiger partial charge in [0.25, 0.3) is 11.6 Å². The number of benzene rings is 1. The minimum Gasteiger partial charge on any atom is -0.394 e. The summed E-state index contributed by atoms with van der Waals surface area (Å²) >= 11 is 0. The number of nitrogens with zero attached hydrogens (tertiary/aromatic N) is 2. The van der Waals surface area contributed by atoms with Gasteiger partial charge in [-0.2, -0.15) is 0 Å². The summed E-state index contributed by atoms with van der Waals surface area (Å²) in [6, 6.07) is 2.80. The Balaban J connectivity index is 2.31. The molecular weight excluding hydrogens is 318 g/mol. The van der Waals surface area contributed by atoms with Crippen LogP contribution >= 0.6 is 0 Å². The van der Waals surface area contributed by atoms with E-state index in [1.54, 1.807) is 11.8 Å². The SMILES string of the molecule is Cc1c(NCC(O)CO)cc(C(=O)N2CCOCC2)cc1[N+](=O)[O-]. The number of hydrogen-bond donors (Lipinski definition) is 3. The zero-order chi connectivity index (χ0) is 17.7. The summed E-state index contributed by atoms with van der Waals surface area (Å²) in [6.45, 7) is 2.90. The van der Waals surface area contributed by atoms with Gasteiger partial charge in [-0.15, -0.1) is 0 Å². The van der Waals surface area contributed by atoms with Crippen LogP contribution < -0.4 is 5.32 Å². The number of nitro benzene ring substituents is 1. The van der Waals surface area contributed by atoms with E-state index in [2.05, 4.69) is 5.32 Å². The zero-order valence-corrected chi connectivity index (χ0v) is 13.4. The van der Waals surface area contributed by atoms with Crippen molar-refractivity contribution in [2.75, 3.05) is 44.8 Å². The molecule has 3 N–H and O–H groups in total. The van der Waals surface area contributed by atoms with E-state index in [1.807, 2.05) is 0 Å². The number of rotatable bonds is 6. The summed E-state index contributed by atoms with van der Waals surface area (Å²) in [4.78, 5) is 24.9. The van der Waals surface area contributed by atoms with Crippen molar-refractivity contribution in [3.8, 4) is 0 Å². The summed E-state index contributed by atoms with van der Waals surface area (Å²) in [5, 5.41) is 32.4. The van der Waals surface area contributed by atoms with Crippen LogP contribution in [0.15, 0.2) is 12.1 Å². The van der Waals surface area contributed by atoms with Crippen molar-refractivity contribution in [2.45, 2.75) is 13.0 Å². The zero-order valence-electron chi connectivity index (χ0n) is 13.4. The van der Waals surface area contributed by atoms with Crippen molar-refractivity contribution in [3.63, 3.8) is 0 Å². The molecule has 1 atom stereocenters. The van der Waals surface area contributed by atoms with E-state index in [0.717, 1.165) is 0 Å². The fraction of sp³-hybridized carbons (Fsp3) is 0.533. The van der Waals surface area contributed by atoms with E-state index in [4.69, 9.17) is 9.84 Å². The summed E-state index contributed by atoms with van der Waals surface area (Å²) < 4.78 is 5.20. The van der Waals surface area contributed by atoms with E-state index in [0.29, 0.717) is 37.6 Å². The largest absolute Gasteiger partial charge is 0.394 e. The normalized spacial score (nSPS) is 15.9. The molecule has 0 radical (unpaired) electrons. The average molecular weight is 339 g/mol. The summed E-state index contributed by atoms with van der Waals surface area (Å²) in [5.41, 5.74) is 0.780. The second-order valence-corrected chi connectivity index (χ2v) is 5.55. The van der Waals surface area contributed by atoms with Gasteiger partial charge in [-0.3, -0.25) is 14.9 Å². The number of morpholine rings is 1. The van der Waals surface area contributed by atoms with Gasteiger partial charge in [0, 0.05) is 42.5 Å². The van der Waals surface area contributed by atoms with Crippen molar-refractivity contribution in [1.29, 1.82) is 0 Å². The van der Waals surface area contributed by atoms with Crippen LogP contribution in [0.4, 0.5) is 11.4 Å². The number of aliphatic hydroxyl groups excluding tert-OH is 2. The van der Waals surface area contributed by atoms with Crippen LogP contribution in [-0.2, 0) is 4.74 Å². The van der Waals surface area contributed by atoms with E-state index in [-0.39, 0.29) is 23.7 Å². The fourth-order valence-corrected chi connectivity index (χ4v) is 2.44. The van der Waals surface area contributed by atoms with Gasteiger partial charge in [-0.05, 0) is 13.0 Å². The molecule has 1 aromatic rings. The van der Waals surface area contributed by atoms with Crippen molar-refractivity contribution < 1.29 is 24.7 Å². The quantitative estimate of drug-likeness (QED) is 0.497. The first-order chi connectivity index (χ1) is 11.4. The average Bonchev–Trinajstić information content (AvgIpc) is 2.60. The first-order valence-electron chi connectivity index (χ1n) is 7.63. The molecule has 1 heterocycles.